The van der Waals surface area contributed by atoms with Crippen LogP contribution in [0.25, 0.3) is 10.8 Å². The van der Waals surface area contributed by atoms with Crippen molar-refractivity contribution < 1.29 is 14.7 Å². The molecule has 0 saturated carbocycles. The second-order valence-electron chi connectivity index (χ2n) is 9.62. The molecule has 7 nitrogen and oxygen atoms in total. The average molecular weight is 541 g/mol. The van der Waals surface area contributed by atoms with E-state index in [2.05, 4.69) is 45.0 Å². The highest BCUT2D eigenvalue weighted by atomic mass is 35.5. The average Bonchev–Trinajstić information content (AvgIpc) is 2.96. The van der Waals surface area contributed by atoms with Crippen LogP contribution in [0.2, 0.25) is 5.02 Å². The second kappa shape index (κ2) is 12.1. The van der Waals surface area contributed by atoms with Crippen molar-refractivity contribution in [2.24, 2.45) is 5.10 Å². The van der Waals surface area contributed by atoms with Crippen molar-refractivity contribution in [2.75, 3.05) is 13.1 Å². The smallest absolute Gasteiger partial charge is 0.271 e. The fourth-order valence-electron chi connectivity index (χ4n) is 4.85. The number of amides is 2. The van der Waals surface area contributed by atoms with E-state index in [9.17, 15) is 14.7 Å². The largest absolute Gasteiger partial charge is 0.506 e. The summed E-state index contributed by atoms with van der Waals surface area (Å²) in [6.45, 7) is 2.81. The van der Waals surface area contributed by atoms with Gasteiger partial charge in [0.05, 0.1) is 11.2 Å². The van der Waals surface area contributed by atoms with E-state index < -0.39 is 5.91 Å². The number of halogens is 1. The zero-order valence-electron chi connectivity index (χ0n) is 21.3. The van der Waals surface area contributed by atoms with E-state index in [0.29, 0.717) is 5.56 Å². The summed E-state index contributed by atoms with van der Waals surface area (Å²) in [7, 11) is 0. The van der Waals surface area contributed by atoms with Crippen LogP contribution in [0.1, 0.15) is 44.7 Å². The van der Waals surface area contributed by atoms with Gasteiger partial charge >= 0.3 is 0 Å². The minimum absolute atomic E-state index is 0.0872. The number of phenolic OH excluding ortho intramolecular Hbond substituents is 1. The predicted octanol–water partition coefficient (Wildman–Crippen LogP) is 5.36. The number of phenols is 1. The van der Waals surface area contributed by atoms with Gasteiger partial charge in [0, 0.05) is 42.4 Å². The highest BCUT2D eigenvalue weighted by Crippen LogP contribution is 2.24. The first-order chi connectivity index (χ1) is 19.0. The minimum atomic E-state index is -0.455. The lowest BCUT2D eigenvalue weighted by Gasteiger charge is -2.32. The second-order valence-corrected chi connectivity index (χ2v) is 10.0. The molecule has 8 heteroatoms. The minimum Gasteiger partial charge on any atom is -0.506 e. The number of benzene rings is 4. The Kier molecular flexibility index (Phi) is 8.20. The molecule has 39 heavy (non-hydrogen) atoms. The molecule has 1 aliphatic rings. The van der Waals surface area contributed by atoms with Crippen molar-refractivity contribution >= 4 is 40.4 Å². The Hall–Kier alpha value is -4.20. The lowest BCUT2D eigenvalue weighted by Crippen LogP contribution is -2.44. The lowest BCUT2D eigenvalue weighted by molar-refractivity contribution is 0.0909. The molecule has 0 spiro atoms. The van der Waals surface area contributed by atoms with Gasteiger partial charge in [-0.15, -0.1) is 0 Å². The SMILES string of the molecule is O=C(N/N=C/c1ccc(C(=O)NC2CCN(Cc3ccccc3)CC2)c2ccccc12)c1ccc(O)c(Cl)c1. The summed E-state index contributed by atoms with van der Waals surface area (Å²) in [5, 5.41) is 18.6. The number of carbonyl (C=O) groups excluding carboxylic acids is 2. The quantitative estimate of drug-likeness (QED) is 0.217. The maximum absolute atomic E-state index is 13.3. The van der Waals surface area contributed by atoms with Crippen LogP contribution in [0.15, 0.2) is 90.0 Å². The first kappa shape index (κ1) is 26.4. The van der Waals surface area contributed by atoms with E-state index in [1.807, 2.05) is 36.4 Å². The number of carbonyl (C=O) groups is 2. The molecule has 1 fully saturated rings. The van der Waals surface area contributed by atoms with E-state index in [-0.39, 0.29) is 28.3 Å². The summed E-state index contributed by atoms with van der Waals surface area (Å²) in [4.78, 5) is 28.1. The fourth-order valence-corrected chi connectivity index (χ4v) is 5.03. The van der Waals surface area contributed by atoms with Gasteiger partial charge in [0.25, 0.3) is 11.8 Å². The molecule has 5 rings (SSSR count). The first-order valence-corrected chi connectivity index (χ1v) is 13.3. The number of hydrazone groups is 1. The number of nitrogens with one attached hydrogen (secondary N) is 2. The predicted molar refractivity (Wildman–Crippen MR) is 154 cm³/mol. The zero-order valence-corrected chi connectivity index (χ0v) is 22.1. The van der Waals surface area contributed by atoms with Crippen LogP contribution in [-0.4, -0.2) is 47.2 Å². The number of rotatable bonds is 7. The normalized spacial score (nSPS) is 14.5. The van der Waals surface area contributed by atoms with Crippen LogP contribution >= 0.6 is 11.6 Å². The van der Waals surface area contributed by atoms with Crippen LogP contribution in [0.5, 0.6) is 5.75 Å². The van der Waals surface area contributed by atoms with Crippen molar-refractivity contribution in [3.63, 3.8) is 0 Å². The molecule has 2 amide bonds. The molecule has 1 heterocycles. The van der Waals surface area contributed by atoms with Gasteiger partial charge < -0.3 is 10.4 Å². The highest BCUT2D eigenvalue weighted by Gasteiger charge is 2.22. The fraction of sp³-hybridized carbons (Fsp3) is 0.194. The van der Waals surface area contributed by atoms with Crippen LogP contribution in [0.3, 0.4) is 0 Å². The number of hydrogen-bond acceptors (Lipinski definition) is 5. The van der Waals surface area contributed by atoms with Crippen LogP contribution in [0.4, 0.5) is 0 Å². The van der Waals surface area contributed by atoms with Crippen molar-refractivity contribution in [3.05, 3.63) is 112 Å². The number of nitrogens with zero attached hydrogens (tertiary/aromatic N) is 2. The molecular formula is C31H29ClN4O3. The van der Waals surface area contributed by atoms with Gasteiger partial charge in [-0.3, -0.25) is 14.5 Å². The Bertz CT molecular complexity index is 1520. The van der Waals surface area contributed by atoms with Gasteiger partial charge in [-0.2, -0.15) is 5.10 Å². The Labute approximate surface area is 232 Å². The monoisotopic (exact) mass is 540 g/mol. The molecule has 0 atom stereocenters. The molecule has 0 unspecified atom stereocenters. The Balaban J connectivity index is 1.23. The third kappa shape index (κ3) is 6.45. The Morgan fingerprint density at radius 3 is 2.38 bits per heavy atom. The van der Waals surface area contributed by atoms with Crippen molar-refractivity contribution in [2.45, 2.75) is 25.4 Å². The summed E-state index contributed by atoms with van der Waals surface area (Å²) in [6, 6.07) is 26.0. The summed E-state index contributed by atoms with van der Waals surface area (Å²) in [6.07, 6.45) is 3.37. The molecule has 1 saturated heterocycles. The van der Waals surface area contributed by atoms with Gasteiger partial charge in [0.1, 0.15) is 5.75 Å². The van der Waals surface area contributed by atoms with E-state index in [1.54, 1.807) is 12.3 Å². The van der Waals surface area contributed by atoms with Crippen molar-refractivity contribution in [3.8, 4) is 5.75 Å². The molecule has 3 N–H and O–H groups in total. The molecule has 0 radical (unpaired) electrons. The molecule has 0 aliphatic carbocycles. The molecule has 0 bridgehead atoms. The van der Waals surface area contributed by atoms with Crippen molar-refractivity contribution in [1.82, 2.24) is 15.6 Å². The molecule has 198 valence electrons. The number of aromatic hydroxyl groups is 1. The summed E-state index contributed by atoms with van der Waals surface area (Å²) < 4.78 is 0. The Morgan fingerprint density at radius 2 is 1.64 bits per heavy atom. The van der Waals surface area contributed by atoms with Gasteiger partial charge in [-0.05, 0) is 53.4 Å². The number of hydrogen-bond donors (Lipinski definition) is 3. The van der Waals surface area contributed by atoms with E-state index in [1.165, 1.54) is 23.8 Å². The zero-order chi connectivity index (χ0) is 27.2. The maximum Gasteiger partial charge on any atom is 0.271 e. The Morgan fingerprint density at radius 1 is 0.923 bits per heavy atom. The van der Waals surface area contributed by atoms with E-state index in [4.69, 9.17) is 11.6 Å². The molecule has 4 aromatic rings. The van der Waals surface area contributed by atoms with Gasteiger partial charge in [0.15, 0.2) is 0 Å². The van der Waals surface area contributed by atoms with Crippen molar-refractivity contribution in [1.29, 1.82) is 0 Å². The lowest BCUT2D eigenvalue weighted by atomic mass is 9.98. The standard InChI is InChI=1S/C31H29ClN4O3/c32-28-18-22(11-13-29(28)37)30(38)35-33-19-23-10-12-27(26-9-5-4-8-25(23)26)31(39)34-24-14-16-36(17-15-24)20-21-6-2-1-3-7-21/h1-13,18-19,24,37H,14-17,20H2,(H,34,39)(H,35,38)/b33-19+. The van der Waals surface area contributed by atoms with E-state index in [0.717, 1.165) is 48.8 Å². The summed E-state index contributed by atoms with van der Waals surface area (Å²) >= 11 is 5.89. The van der Waals surface area contributed by atoms with Gasteiger partial charge in [-0.25, -0.2) is 5.43 Å². The topological polar surface area (TPSA) is 94.0 Å². The highest BCUT2D eigenvalue weighted by molar-refractivity contribution is 6.32. The number of piperidine rings is 1. The molecule has 4 aromatic carbocycles. The van der Waals surface area contributed by atoms with Gasteiger partial charge in [-0.1, -0.05) is 72.3 Å². The molecular weight excluding hydrogens is 512 g/mol. The number of likely N-dealkylation sites (tertiary alicyclic amines) is 1. The summed E-state index contributed by atoms with van der Waals surface area (Å²) in [5.74, 6) is -0.641. The summed E-state index contributed by atoms with van der Waals surface area (Å²) in [5.41, 5.74) is 5.43. The van der Waals surface area contributed by atoms with Crippen LogP contribution < -0.4 is 10.7 Å². The molecule has 0 aromatic heterocycles. The first-order valence-electron chi connectivity index (χ1n) is 12.9. The number of fused-ring (bicyclic) bond motifs is 1. The van der Waals surface area contributed by atoms with Crippen LogP contribution in [-0.2, 0) is 6.54 Å². The maximum atomic E-state index is 13.3. The third-order valence-corrected chi connectivity index (χ3v) is 7.26. The molecule has 1 aliphatic heterocycles. The van der Waals surface area contributed by atoms with Crippen LogP contribution in [0, 0.1) is 0 Å². The third-order valence-electron chi connectivity index (χ3n) is 6.95. The van der Waals surface area contributed by atoms with Gasteiger partial charge in [0.2, 0.25) is 0 Å². The van der Waals surface area contributed by atoms with E-state index >= 15 is 0 Å².